The molecule has 0 saturated carbocycles. The molecule has 0 spiro atoms. The standard InChI is InChI=1S/C20H17F4NO3/c21-16-6-4-14(5-7-16)19(27)25-10-8-13(9-11-25)18(26)15-2-1-3-17(12-15)28-20(22,23)24/h1-7,12-13H,8-11H2. The van der Waals surface area contributed by atoms with E-state index < -0.39 is 23.8 Å². The van der Waals surface area contributed by atoms with Crippen LogP contribution in [-0.2, 0) is 0 Å². The normalized spacial score (nSPS) is 15.4. The van der Waals surface area contributed by atoms with Gasteiger partial charge in [-0.25, -0.2) is 4.39 Å². The first kappa shape index (κ1) is 19.9. The summed E-state index contributed by atoms with van der Waals surface area (Å²) in [5, 5.41) is 0. The Morgan fingerprint density at radius 2 is 1.61 bits per heavy atom. The molecule has 0 atom stereocenters. The average molecular weight is 395 g/mol. The fraction of sp³-hybridized carbons (Fsp3) is 0.300. The maximum absolute atomic E-state index is 13.0. The number of nitrogens with zero attached hydrogens (tertiary/aromatic N) is 1. The van der Waals surface area contributed by atoms with Crippen LogP contribution in [0.3, 0.4) is 0 Å². The molecule has 2 aromatic rings. The monoisotopic (exact) mass is 395 g/mol. The number of benzene rings is 2. The van der Waals surface area contributed by atoms with Gasteiger partial charge >= 0.3 is 6.36 Å². The van der Waals surface area contributed by atoms with Crippen molar-refractivity contribution in [2.75, 3.05) is 13.1 Å². The van der Waals surface area contributed by atoms with Crippen molar-refractivity contribution in [3.63, 3.8) is 0 Å². The smallest absolute Gasteiger partial charge is 0.406 e. The number of rotatable bonds is 4. The minimum atomic E-state index is -4.83. The summed E-state index contributed by atoms with van der Waals surface area (Å²) < 4.78 is 53.9. The van der Waals surface area contributed by atoms with E-state index in [9.17, 15) is 27.2 Å². The van der Waals surface area contributed by atoms with Crippen molar-refractivity contribution in [3.8, 4) is 5.75 Å². The number of likely N-dealkylation sites (tertiary alicyclic amines) is 1. The van der Waals surface area contributed by atoms with Gasteiger partial charge in [0.25, 0.3) is 5.91 Å². The van der Waals surface area contributed by atoms with E-state index >= 15 is 0 Å². The lowest BCUT2D eigenvalue weighted by molar-refractivity contribution is -0.274. The van der Waals surface area contributed by atoms with Crippen LogP contribution in [0.25, 0.3) is 0 Å². The molecule has 0 bridgehead atoms. The molecule has 1 amide bonds. The van der Waals surface area contributed by atoms with Gasteiger partial charge in [0.2, 0.25) is 0 Å². The number of halogens is 4. The summed E-state index contributed by atoms with van der Waals surface area (Å²) in [6, 6.07) is 10.2. The Hall–Kier alpha value is -2.90. The van der Waals surface area contributed by atoms with E-state index in [1.165, 1.54) is 36.4 Å². The first-order chi connectivity index (χ1) is 13.2. The third-order valence-electron chi connectivity index (χ3n) is 4.60. The SMILES string of the molecule is O=C(c1cccc(OC(F)(F)F)c1)C1CCN(C(=O)c2ccc(F)cc2)CC1. The van der Waals surface area contributed by atoms with Gasteiger partial charge in [0, 0.05) is 30.1 Å². The topological polar surface area (TPSA) is 46.6 Å². The number of ether oxygens (including phenoxy) is 1. The molecule has 1 fully saturated rings. The predicted octanol–water partition coefficient (Wildman–Crippen LogP) is 4.46. The van der Waals surface area contributed by atoms with Crippen LogP contribution in [0.5, 0.6) is 5.75 Å². The van der Waals surface area contributed by atoms with Crippen molar-refractivity contribution in [3.05, 3.63) is 65.5 Å². The molecule has 0 N–H and O–H groups in total. The van der Waals surface area contributed by atoms with Crippen molar-refractivity contribution in [2.24, 2.45) is 5.92 Å². The highest BCUT2D eigenvalue weighted by Gasteiger charge is 2.32. The molecule has 1 heterocycles. The lowest BCUT2D eigenvalue weighted by atomic mass is 9.88. The highest BCUT2D eigenvalue weighted by atomic mass is 19.4. The van der Waals surface area contributed by atoms with Crippen LogP contribution < -0.4 is 4.74 Å². The van der Waals surface area contributed by atoms with Crippen molar-refractivity contribution in [1.82, 2.24) is 4.90 Å². The quantitative estimate of drug-likeness (QED) is 0.567. The van der Waals surface area contributed by atoms with E-state index in [1.54, 1.807) is 4.90 Å². The van der Waals surface area contributed by atoms with E-state index in [-0.39, 0.29) is 17.3 Å². The van der Waals surface area contributed by atoms with Crippen LogP contribution in [0.4, 0.5) is 17.6 Å². The van der Waals surface area contributed by atoms with Gasteiger partial charge in [-0.15, -0.1) is 13.2 Å². The molecule has 0 aromatic heterocycles. The number of carbonyl (C=O) groups is 2. The molecule has 0 unspecified atom stereocenters. The first-order valence-corrected chi connectivity index (χ1v) is 8.68. The third kappa shape index (κ3) is 4.88. The van der Waals surface area contributed by atoms with Crippen LogP contribution in [0.1, 0.15) is 33.6 Å². The molecule has 4 nitrogen and oxygen atoms in total. The summed E-state index contributed by atoms with van der Waals surface area (Å²) in [5.41, 5.74) is 0.508. The molecular formula is C20H17F4NO3. The zero-order chi connectivity index (χ0) is 20.3. The molecule has 1 aliphatic heterocycles. The van der Waals surface area contributed by atoms with E-state index in [4.69, 9.17) is 0 Å². The van der Waals surface area contributed by atoms with E-state index in [0.29, 0.717) is 31.5 Å². The van der Waals surface area contributed by atoms with E-state index in [0.717, 1.165) is 12.1 Å². The molecule has 1 aliphatic rings. The molecule has 148 valence electrons. The number of piperidine rings is 1. The van der Waals surface area contributed by atoms with Gasteiger partial charge in [0.05, 0.1) is 0 Å². The second kappa shape index (κ2) is 8.00. The summed E-state index contributed by atoms with van der Waals surface area (Å²) in [6.07, 6.45) is -4.03. The highest BCUT2D eigenvalue weighted by molar-refractivity contribution is 5.98. The van der Waals surface area contributed by atoms with Gasteiger partial charge in [0.1, 0.15) is 11.6 Å². The van der Waals surface area contributed by atoms with E-state index in [2.05, 4.69) is 4.74 Å². The lowest BCUT2D eigenvalue weighted by Crippen LogP contribution is -2.40. The molecule has 28 heavy (non-hydrogen) atoms. The van der Waals surface area contributed by atoms with Crippen LogP contribution >= 0.6 is 0 Å². The van der Waals surface area contributed by atoms with Crippen LogP contribution in [0.15, 0.2) is 48.5 Å². The maximum atomic E-state index is 13.0. The molecule has 8 heteroatoms. The first-order valence-electron chi connectivity index (χ1n) is 8.68. The largest absolute Gasteiger partial charge is 0.573 e. The van der Waals surface area contributed by atoms with Gasteiger partial charge in [-0.05, 0) is 49.2 Å². The lowest BCUT2D eigenvalue weighted by Gasteiger charge is -2.31. The zero-order valence-corrected chi connectivity index (χ0v) is 14.7. The molecule has 0 aliphatic carbocycles. The number of carbonyl (C=O) groups excluding carboxylic acids is 2. The predicted molar refractivity (Wildman–Crippen MR) is 92.5 cm³/mol. The van der Waals surface area contributed by atoms with Crippen LogP contribution in [0.2, 0.25) is 0 Å². The summed E-state index contributed by atoms with van der Waals surface area (Å²) in [6.45, 7) is 0.677. The average Bonchev–Trinajstić information content (AvgIpc) is 2.66. The Labute approximate surface area is 158 Å². The second-order valence-corrected chi connectivity index (χ2v) is 6.51. The zero-order valence-electron chi connectivity index (χ0n) is 14.7. The fourth-order valence-corrected chi connectivity index (χ4v) is 3.20. The minimum absolute atomic E-state index is 0.144. The Morgan fingerprint density at radius 3 is 2.21 bits per heavy atom. The van der Waals surface area contributed by atoms with Crippen LogP contribution in [-0.4, -0.2) is 36.0 Å². The Morgan fingerprint density at radius 1 is 0.964 bits per heavy atom. The van der Waals surface area contributed by atoms with Crippen molar-refractivity contribution >= 4 is 11.7 Å². The third-order valence-corrected chi connectivity index (χ3v) is 4.60. The van der Waals surface area contributed by atoms with Crippen molar-refractivity contribution < 1.29 is 31.9 Å². The van der Waals surface area contributed by atoms with Gasteiger partial charge < -0.3 is 9.64 Å². The Balaban J connectivity index is 1.61. The summed E-state index contributed by atoms with van der Waals surface area (Å²) in [5.74, 6) is -1.79. The second-order valence-electron chi connectivity index (χ2n) is 6.51. The minimum Gasteiger partial charge on any atom is -0.406 e. The number of alkyl halides is 3. The Bertz CT molecular complexity index is 856. The van der Waals surface area contributed by atoms with E-state index in [1.807, 2.05) is 0 Å². The van der Waals surface area contributed by atoms with Gasteiger partial charge in [-0.3, -0.25) is 9.59 Å². The summed E-state index contributed by atoms with van der Waals surface area (Å²) in [4.78, 5) is 26.6. The van der Waals surface area contributed by atoms with Crippen LogP contribution in [0, 0.1) is 11.7 Å². The number of Topliss-reactive ketones (excluding diaryl/α,β-unsaturated/α-hetero) is 1. The van der Waals surface area contributed by atoms with Gasteiger partial charge in [-0.1, -0.05) is 12.1 Å². The summed E-state index contributed by atoms with van der Waals surface area (Å²) >= 11 is 0. The summed E-state index contributed by atoms with van der Waals surface area (Å²) in [7, 11) is 0. The molecule has 3 rings (SSSR count). The molecule has 0 radical (unpaired) electrons. The number of hydrogen-bond donors (Lipinski definition) is 0. The fourth-order valence-electron chi connectivity index (χ4n) is 3.20. The Kier molecular flexibility index (Phi) is 5.67. The molecular weight excluding hydrogens is 378 g/mol. The number of ketones is 1. The number of amides is 1. The van der Waals surface area contributed by atoms with Gasteiger partial charge in [-0.2, -0.15) is 0 Å². The molecule has 2 aromatic carbocycles. The molecule has 1 saturated heterocycles. The van der Waals surface area contributed by atoms with Crippen molar-refractivity contribution in [1.29, 1.82) is 0 Å². The van der Waals surface area contributed by atoms with Gasteiger partial charge in [0.15, 0.2) is 5.78 Å². The van der Waals surface area contributed by atoms with Crippen molar-refractivity contribution in [2.45, 2.75) is 19.2 Å². The number of hydrogen-bond acceptors (Lipinski definition) is 3. The highest BCUT2D eigenvalue weighted by Crippen LogP contribution is 2.27. The maximum Gasteiger partial charge on any atom is 0.573 e.